The van der Waals surface area contributed by atoms with Crippen molar-refractivity contribution in [2.75, 3.05) is 17.4 Å². The summed E-state index contributed by atoms with van der Waals surface area (Å²) in [4.78, 5) is 12.9. The summed E-state index contributed by atoms with van der Waals surface area (Å²) >= 11 is 5.91. The number of nitrogens with zero attached hydrogens (tertiary/aromatic N) is 1. The van der Waals surface area contributed by atoms with E-state index in [9.17, 15) is 13.2 Å². The number of hydrogen-bond acceptors (Lipinski definition) is 4. The minimum atomic E-state index is -3.89. The van der Waals surface area contributed by atoms with Crippen molar-refractivity contribution < 1.29 is 17.9 Å². The van der Waals surface area contributed by atoms with E-state index < -0.39 is 16.1 Å². The summed E-state index contributed by atoms with van der Waals surface area (Å²) < 4.78 is 33.7. The Balaban J connectivity index is 1.58. The van der Waals surface area contributed by atoms with Crippen LogP contribution in [0.3, 0.4) is 0 Å². The monoisotopic (exact) mass is 446 g/mol. The van der Waals surface area contributed by atoms with Gasteiger partial charge in [-0.25, -0.2) is 8.42 Å². The van der Waals surface area contributed by atoms with Gasteiger partial charge in [-0.2, -0.15) is 0 Å². The molecule has 0 spiro atoms. The molecular weight excluding hydrogens is 424 g/mol. The second-order valence-corrected chi connectivity index (χ2v) is 9.69. The second-order valence-electron chi connectivity index (χ2n) is 7.39. The first kappa shape index (κ1) is 20.8. The first-order valence-corrected chi connectivity index (χ1v) is 11.8. The molecule has 0 radical (unpaired) electrons. The second kappa shape index (κ2) is 8.70. The zero-order valence-electron chi connectivity index (χ0n) is 16.4. The lowest BCUT2D eigenvalue weighted by Gasteiger charge is -2.34. The average molecular weight is 447 g/mol. The van der Waals surface area contributed by atoms with Gasteiger partial charge in [0, 0.05) is 11.6 Å². The van der Waals surface area contributed by atoms with E-state index in [-0.39, 0.29) is 17.3 Å². The van der Waals surface area contributed by atoms with Crippen LogP contribution in [0.15, 0.2) is 65.1 Å². The van der Waals surface area contributed by atoms with Crippen molar-refractivity contribution in [1.29, 1.82) is 0 Å². The molecule has 1 atom stereocenters. The van der Waals surface area contributed by atoms with Crippen LogP contribution in [0.2, 0.25) is 5.02 Å². The summed E-state index contributed by atoms with van der Waals surface area (Å²) in [6.45, 7) is 0.358. The number of fused-ring (bicyclic) bond motifs is 1. The molecular formula is C22H23ClN2O4S. The zero-order valence-corrected chi connectivity index (χ0v) is 18.0. The summed E-state index contributed by atoms with van der Waals surface area (Å²) in [7, 11) is -3.89. The molecule has 1 amide bonds. The highest BCUT2D eigenvalue weighted by atomic mass is 35.5. The fourth-order valence-electron chi connectivity index (χ4n) is 3.68. The summed E-state index contributed by atoms with van der Waals surface area (Å²) in [6.07, 6.45) is 5.54. The third-order valence-corrected chi connectivity index (χ3v) is 7.35. The maximum atomic E-state index is 13.3. The molecule has 0 aromatic heterocycles. The van der Waals surface area contributed by atoms with Crippen molar-refractivity contribution in [2.24, 2.45) is 0 Å². The molecule has 1 aliphatic carbocycles. The third-order valence-electron chi connectivity index (χ3n) is 5.30. The number of hydrogen-bond donors (Lipinski definition) is 1. The van der Waals surface area contributed by atoms with Crippen molar-refractivity contribution in [3.63, 3.8) is 0 Å². The zero-order chi connectivity index (χ0) is 21.1. The van der Waals surface area contributed by atoms with Gasteiger partial charge in [-0.15, -0.1) is 0 Å². The lowest BCUT2D eigenvalue weighted by atomic mass is 10.00. The Morgan fingerprint density at radius 2 is 1.90 bits per heavy atom. The number of para-hydroxylation sites is 2. The Kier molecular flexibility index (Phi) is 6.01. The minimum Gasteiger partial charge on any atom is -0.476 e. The highest BCUT2D eigenvalue weighted by Gasteiger charge is 2.37. The first-order chi connectivity index (χ1) is 14.4. The topological polar surface area (TPSA) is 75.7 Å². The number of sulfonamides is 1. The Labute approximate surface area is 181 Å². The van der Waals surface area contributed by atoms with Gasteiger partial charge in [0.1, 0.15) is 5.75 Å². The molecule has 6 nitrogen and oxygen atoms in total. The number of ether oxygens (including phenoxy) is 1. The summed E-state index contributed by atoms with van der Waals surface area (Å²) in [5, 5.41) is 3.35. The highest BCUT2D eigenvalue weighted by Crippen LogP contribution is 2.37. The normalized spacial score (nSPS) is 18.8. The van der Waals surface area contributed by atoms with Crippen LogP contribution < -0.4 is 14.4 Å². The highest BCUT2D eigenvalue weighted by molar-refractivity contribution is 7.92. The Bertz CT molecular complexity index is 1070. The molecule has 1 unspecified atom stereocenters. The van der Waals surface area contributed by atoms with Gasteiger partial charge in [0.25, 0.3) is 15.9 Å². The number of allylic oxidation sites excluding steroid dienone is 1. The van der Waals surface area contributed by atoms with Crippen LogP contribution in [0.25, 0.3) is 0 Å². The van der Waals surface area contributed by atoms with Gasteiger partial charge in [-0.3, -0.25) is 9.10 Å². The van der Waals surface area contributed by atoms with Crippen LogP contribution in [0.5, 0.6) is 5.75 Å². The number of rotatable bonds is 5. The molecule has 8 heteroatoms. The van der Waals surface area contributed by atoms with Crippen LogP contribution in [0, 0.1) is 0 Å². The van der Waals surface area contributed by atoms with Gasteiger partial charge in [0.2, 0.25) is 0 Å². The van der Waals surface area contributed by atoms with Crippen LogP contribution in [-0.2, 0) is 14.8 Å². The van der Waals surface area contributed by atoms with Crippen molar-refractivity contribution in [2.45, 2.75) is 36.7 Å². The van der Waals surface area contributed by atoms with Crippen molar-refractivity contribution in [1.82, 2.24) is 5.32 Å². The van der Waals surface area contributed by atoms with Crippen LogP contribution in [0.4, 0.5) is 5.69 Å². The van der Waals surface area contributed by atoms with Crippen molar-refractivity contribution in [3.05, 3.63) is 65.2 Å². The quantitative estimate of drug-likeness (QED) is 0.706. The fraction of sp³-hybridized carbons (Fsp3) is 0.318. The third kappa shape index (κ3) is 4.32. The molecule has 30 heavy (non-hydrogen) atoms. The molecule has 1 heterocycles. The molecule has 4 rings (SSSR count). The summed E-state index contributed by atoms with van der Waals surface area (Å²) in [5.41, 5.74) is 1.61. The minimum absolute atomic E-state index is 0.104. The van der Waals surface area contributed by atoms with Crippen molar-refractivity contribution in [3.8, 4) is 5.75 Å². The molecule has 0 saturated heterocycles. The number of carbonyl (C=O) groups excluding carboxylic acids is 1. The maximum absolute atomic E-state index is 13.3. The fourth-order valence-corrected chi connectivity index (χ4v) is 5.28. The summed E-state index contributed by atoms with van der Waals surface area (Å²) in [6, 6.07) is 12.8. The van der Waals surface area contributed by atoms with E-state index in [1.54, 1.807) is 24.3 Å². The van der Waals surface area contributed by atoms with Gasteiger partial charge in [-0.05, 0) is 62.1 Å². The molecule has 2 aromatic carbocycles. The number of amides is 1. The Morgan fingerprint density at radius 3 is 2.63 bits per heavy atom. The van der Waals surface area contributed by atoms with Gasteiger partial charge in [-0.1, -0.05) is 35.4 Å². The Morgan fingerprint density at radius 1 is 1.13 bits per heavy atom. The van der Waals surface area contributed by atoms with Crippen LogP contribution in [-0.4, -0.2) is 33.5 Å². The summed E-state index contributed by atoms with van der Waals surface area (Å²) in [5.74, 6) is 0.0330. The van der Waals surface area contributed by atoms with Crippen molar-refractivity contribution >= 4 is 33.2 Å². The Hall–Kier alpha value is -2.51. The number of carbonyl (C=O) groups is 1. The predicted octanol–water partition coefficient (Wildman–Crippen LogP) is 3.91. The largest absolute Gasteiger partial charge is 0.476 e. The number of anilines is 1. The number of halogens is 1. The van der Waals surface area contributed by atoms with Gasteiger partial charge in [0.05, 0.1) is 17.1 Å². The number of nitrogens with one attached hydrogen (secondary N) is 1. The van der Waals surface area contributed by atoms with E-state index >= 15 is 0 Å². The predicted molar refractivity (Wildman–Crippen MR) is 116 cm³/mol. The maximum Gasteiger partial charge on any atom is 0.264 e. The van der Waals surface area contributed by atoms with E-state index in [4.69, 9.17) is 16.3 Å². The lowest BCUT2D eigenvalue weighted by Crippen LogP contribution is -2.51. The first-order valence-electron chi connectivity index (χ1n) is 9.95. The van der Waals surface area contributed by atoms with Crippen LogP contribution >= 0.6 is 11.6 Å². The molecule has 2 aromatic rings. The molecule has 2 aliphatic rings. The number of benzene rings is 2. The molecule has 0 bridgehead atoms. The lowest BCUT2D eigenvalue weighted by molar-refractivity contribution is -0.127. The average Bonchev–Trinajstić information content (AvgIpc) is 2.77. The molecule has 0 fully saturated rings. The molecule has 0 saturated carbocycles. The SMILES string of the molecule is O=C(NCC1=CCCCC1)C1CN(S(=O)(=O)c2ccc(Cl)cc2)c2ccccc2O1. The van der Waals surface area contributed by atoms with Gasteiger partial charge >= 0.3 is 0 Å². The molecule has 1 N–H and O–H groups in total. The van der Waals surface area contributed by atoms with Crippen LogP contribution in [0.1, 0.15) is 25.7 Å². The van der Waals surface area contributed by atoms with Gasteiger partial charge in [0.15, 0.2) is 6.10 Å². The van der Waals surface area contributed by atoms with E-state index in [1.165, 1.54) is 40.6 Å². The molecule has 158 valence electrons. The van der Waals surface area contributed by atoms with E-state index in [1.807, 2.05) is 0 Å². The van der Waals surface area contributed by atoms with E-state index in [0.717, 1.165) is 19.3 Å². The van der Waals surface area contributed by atoms with E-state index in [2.05, 4.69) is 11.4 Å². The van der Waals surface area contributed by atoms with Gasteiger partial charge < -0.3 is 10.1 Å². The molecule has 1 aliphatic heterocycles. The smallest absolute Gasteiger partial charge is 0.264 e. The van der Waals surface area contributed by atoms with E-state index in [0.29, 0.717) is 23.0 Å². The standard InChI is InChI=1S/C22H23ClN2O4S/c23-17-10-12-18(13-11-17)30(27,28)25-15-21(29-20-9-5-4-8-19(20)25)22(26)24-14-16-6-2-1-3-7-16/h4-6,8-13,21H,1-3,7,14-15H2,(H,24,26).